The summed E-state index contributed by atoms with van der Waals surface area (Å²) in [5, 5.41) is 10.5. The summed E-state index contributed by atoms with van der Waals surface area (Å²) >= 11 is 0. The van der Waals surface area contributed by atoms with Crippen LogP contribution in [0.1, 0.15) is 18.9 Å². The molecular weight excluding hydrogens is 199 g/mol. The molecule has 4 nitrogen and oxygen atoms in total. The molecule has 1 aromatic rings. The van der Waals surface area contributed by atoms with Crippen molar-refractivity contribution in [2.45, 2.75) is 25.8 Å². The highest BCUT2D eigenvalue weighted by molar-refractivity contribution is 5.36. The second-order valence-electron chi connectivity index (χ2n) is 3.52. The summed E-state index contributed by atoms with van der Waals surface area (Å²) in [6.07, 6.45) is 1.03. The summed E-state index contributed by atoms with van der Waals surface area (Å²) in [7, 11) is 0. The van der Waals surface area contributed by atoms with E-state index in [4.69, 9.17) is 5.73 Å². The maximum absolute atomic E-state index is 13.5. The van der Waals surface area contributed by atoms with Gasteiger partial charge in [0.1, 0.15) is 0 Å². The van der Waals surface area contributed by atoms with E-state index in [9.17, 15) is 14.5 Å². The van der Waals surface area contributed by atoms with Crippen LogP contribution in [-0.4, -0.2) is 11.0 Å². The molecule has 82 valence electrons. The number of hydrogen-bond donors (Lipinski definition) is 1. The fourth-order valence-electron chi connectivity index (χ4n) is 1.28. The lowest BCUT2D eigenvalue weighted by Gasteiger charge is -2.05. The van der Waals surface area contributed by atoms with E-state index >= 15 is 0 Å². The third-order valence-corrected chi connectivity index (χ3v) is 2.12. The molecule has 0 aliphatic carbocycles. The monoisotopic (exact) mass is 212 g/mol. The minimum atomic E-state index is -0.747. The number of nitrogens with two attached hydrogens (primary N) is 1. The second kappa shape index (κ2) is 4.84. The van der Waals surface area contributed by atoms with E-state index in [1.165, 1.54) is 6.07 Å². The minimum absolute atomic E-state index is 0.0383. The van der Waals surface area contributed by atoms with Gasteiger partial charge in [-0.2, -0.15) is 4.39 Å². The van der Waals surface area contributed by atoms with Crippen LogP contribution < -0.4 is 5.73 Å². The maximum atomic E-state index is 13.5. The van der Waals surface area contributed by atoms with Crippen molar-refractivity contribution >= 4 is 5.69 Å². The summed E-state index contributed by atoms with van der Waals surface area (Å²) in [5.74, 6) is -0.747. The van der Waals surface area contributed by atoms with Crippen molar-refractivity contribution in [3.05, 3.63) is 39.7 Å². The lowest BCUT2D eigenvalue weighted by molar-refractivity contribution is -0.387. The summed E-state index contributed by atoms with van der Waals surface area (Å²) in [6.45, 7) is 1.81. The van der Waals surface area contributed by atoms with Crippen molar-refractivity contribution in [3.63, 3.8) is 0 Å². The first kappa shape index (κ1) is 11.6. The number of nitro groups is 1. The number of hydrogen-bond acceptors (Lipinski definition) is 3. The maximum Gasteiger partial charge on any atom is 0.305 e. The molecule has 0 aliphatic heterocycles. The normalized spacial score (nSPS) is 12.5. The van der Waals surface area contributed by atoms with Crippen molar-refractivity contribution in [3.8, 4) is 0 Å². The van der Waals surface area contributed by atoms with Crippen LogP contribution in [0.4, 0.5) is 10.1 Å². The largest absolute Gasteiger partial charge is 0.328 e. The number of nitrogens with zero attached hydrogens (tertiary/aromatic N) is 1. The van der Waals surface area contributed by atoms with E-state index in [-0.39, 0.29) is 6.04 Å². The van der Waals surface area contributed by atoms with Crippen LogP contribution in [0.15, 0.2) is 18.2 Å². The lowest BCUT2D eigenvalue weighted by Crippen LogP contribution is -2.15. The Kier molecular flexibility index (Phi) is 3.74. The van der Waals surface area contributed by atoms with Gasteiger partial charge >= 0.3 is 5.69 Å². The van der Waals surface area contributed by atoms with E-state index in [1.54, 1.807) is 6.07 Å². The highest BCUT2D eigenvalue weighted by Crippen LogP contribution is 2.21. The van der Waals surface area contributed by atoms with Gasteiger partial charge in [0.25, 0.3) is 0 Å². The molecule has 15 heavy (non-hydrogen) atoms. The average Bonchev–Trinajstić information content (AvgIpc) is 2.15. The summed E-state index contributed by atoms with van der Waals surface area (Å²) in [4.78, 5) is 9.74. The zero-order chi connectivity index (χ0) is 11.4. The smallest absolute Gasteiger partial charge is 0.305 e. The van der Waals surface area contributed by atoms with Crippen molar-refractivity contribution < 1.29 is 9.31 Å². The van der Waals surface area contributed by atoms with Gasteiger partial charge in [-0.1, -0.05) is 12.1 Å². The van der Waals surface area contributed by atoms with E-state index in [0.29, 0.717) is 18.4 Å². The summed E-state index contributed by atoms with van der Waals surface area (Å²) < 4.78 is 13.5. The molecule has 5 heteroatoms. The molecule has 1 rings (SSSR count). The molecule has 0 spiro atoms. The van der Waals surface area contributed by atoms with Crippen molar-refractivity contribution in [2.75, 3.05) is 0 Å². The molecule has 1 atom stereocenters. The molecule has 0 saturated heterocycles. The Bertz CT molecular complexity index is 366. The molecule has 0 fully saturated rings. The fraction of sp³-hybridized carbons (Fsp3) is 0.400. The van der Waals surface area contributed by atoms with Crippen LogP contribution in [0.2, 0.25) is 0 Å². The fourth-order valence-corrected chi connectivity index (χ4v) is 1.28. The Balaban J connectivity index is 2.89. The molecule has 0 aromatic heterocycles. The highest BCUT2D eigenvalue weighted by atomic mass is 19.1. The number of aryl methyl sites for hydroxylation is 1. The van der Waals surface area contributed by atoms with Gasteiger partial charge in [0.15, 0.2) is 0 Å². The number of nitro benzene ring substituents is 1. The molecule has 0 amide bonds. The van der Waals surface area contributed by atoms with Gasteiger partial charge in [-0.15, -0.1) is 0 Å². The Morgan fingerprint density at radius 2 is 2.27 bits per heavy atom. The molecule has 2 N–H and O–H groups in total. The lowest BCUT2D eigenvalue weighted by atomic mass is 10.1. The van der Waals surface area contributed by atoms with Crippen LogP contribution in [0, 0.1) is 15.9 Å². The van der Waals surface area contributed by atoms with Gasteiger partial charge in [-0.3, -0.25) is 10.1 Å². The molecule has 1 aromatic carbocycles. The second-order valence-corrected chi connectivity index (χ2v) is 3.52. The quantitative estimate of drug-likeness (QED) is 0.613. The van der Waals surface area contributed by atoms with Crippen LogP contribution in [0.25, 0.3) is 0 Å². The number of benzene rings is 1. The molecule has 0 aliphatic rings. The Morgan fingerprint density at radius 1 is 1.60 bits per heavy atom. The third kappa shape index (κ3) is 2.99. The molecule has 0 saturated carbocycles. The summed E-state index contributed by atoms with van der Waals surface area (Å²) in [6, 6.07) is 4.15. The first-order valence-electron chi connectivity index (χ1n) is 4.69. The number of halogens is 1. The van der Waals surface area contributed by atoms with E-state index in [0.717, 1.165) is 6.07 Å². The molecule has 0 radical (unpaired) electrons. The highest BCUT2D eigenvalue weighted by Gasteiger charge is 2.16. The predicted octanol–water partition coefficient (Wildman–Crippen LogP) is 2.01. The topological polar surface area (TPSA) is 69.2 Å². The van der Waals surface area contributed by atoms with E-state index < -0.39 is 16.4 Å². The first-order chi connectivity index (χ1) is 7.02. The molecular formula is C10H13FN2O2. The zero-order valence-corrected chi connectivity index (χ0v) is 8.44. The Labute approximate surface area is 87.0 Å². The zero-order valence-electron chi connectivity index (χ0n) is 8.44. The van der Waals surface area contributed by atoms with Gasteiger partial charge in [0.05, 0.1) is 4.92 Å². The van der Waals surface area contributed by atoms with Gasteiger partial charge in [0.2, 0.25) is 5.82 Å². The van der Waals surface area contributed by atoms with Crippen LogP contribution in [-0.2, 0) is 6.42 Å². The van der Waals surface area contributed by atoms with Gasteiger partial charge in [-0.05, 0) is 25.3 Å². The average molecular weight is 212 g/mol. The Morgan fingerprint density at radius 3 is 2.80 bits per heavy atom. The Hall–Kier alpha value is -1.49. The van der Waals surface area contributed by atoms with Gasteiger partial charge in [0, 0.05) is 12.1 Å². The first-order valence-corrected chi connectivity index (χ1v) is 4.69. The van der Waals surface area contributed by atoms with Gasteiger partial charge < -0.3 is 5.73 Å². The summed E-state index contributed by atoms with van der Waals surface area (Å²) in [5.41, 5.74) is 5.41. The van der Waals surface area contributed by atoms with Crippen LogP contribution in [0.5, 0.6) is 0 Å². The van der Waals surface area contributed by atoms with Crippen molar-refractivity contribution in [1.29, 1.82) is 0 Å². The third-order valence-electron chi connectivity index (χ3n) is 2.12. The van der Waals surface area contributed by atoms with Gasteiger partial charge in [-0.25, -0.2) is 0 Å². The minimum Gasteiger partial charge on any atom is -0.328 e. The van der Waals surface area contributed by atoms with Crippen LogP contribution in [0.3, 0.4) is 0 Å². The van der Waals surface area contributed by atoms with Crippen LogP contribution >= 0.6 is 0 Å². The SMILES string of the molecule is CC(N)CCc1cccc([N+](=O)[O-])c1F. The van der Waals surface area contributed by atoms with Crippen molar-refractivity contribution in [1.82, 2.24) is 0 Å². The van der Waals surface area contributed by atoms with Crippen molar-refractivity contribution in [2.24, 2.45) is 5.73 Å². The molecule has 0 heterocycles. The standard InChI is InChI=1S/C10H13FN2O2/c1-7(12)5-6-8-3-2-4-9(10(8)11)13(14)15/h2-4,7H,5-6,12H2,1H3. The molecule has 1 unspecified atom stereocenters. The molecule has 0 bridgehead atoms. The van der Waals surface area contributed by atoms with E-state index in [2.05, 4.69) is 0 Å². The number of rotatable bonds is 4. The predicted molar refractivity (Wildman–Crippen MR) is 55.0 cm³/mol. The van der Waals surface area contributed by atoms with E-state index in [1.807, 2.05) is 6.92 Å².